The number of hydrogen-bond donors (Lipinski definition) is 1. The van der Waals surface area contributed by atoms with E-state index in [1.807, 2.05) is 6.92 Å². The Kier molecular flexibility index (Phi) is 3.59. The lowest BCUT2D eigenvalue weighted by atomic mass is 10.1. The van der Waals surface area contributed by atoms with E-state index in [0.29, 0.717) is 12.2 Å². The normalized spacial score (nSPS) is 10.1. The van der Waals surface area contributed by atoms with Gasteiger partial charge in [-0.25, -0.2) is 9.18 Å². The zero-order valence-corrected chi connectivity index (χ0v) is 7.79. The van der Waals surface area contributed by atoms with Crippen molar-refractivity contribution < 1.29 is 19.0 Å². The molecule has 0 saturated heterocycles. The van der Waals surface area contributed by atoms with Crippen molar-refractivity contribution in [2.75, 3.05) is 6.61 Å². The summed E-state index contributed by atoms with van der Waals surface area (Å²) in [6.07, 6.45) is 0. The summed E-state index contributed by atoms with van der Waals surface area (Å²) in [6.45, 7) is 2.56. The van der Waals surface area contributed by atoms with Crippen LogP contribution in [0.2, 0.25) is 0 Å². The molecule has 1 aromatic rings. The summed E-state index contributed by atoms with van der Waals surface area (Å²) in [7, 11) is 0. The van der Waals surface area contributed by atoms with Crippen LogP contribution in [0.25, 0.3) is 0 Å². The van der Waals surface area contributed by atoms with Crippen LogP contribution in [-0.2, 0) is 11.3 Å². The van der Waals surface area contributed by atoms with Gasteiger partial charge in [0.25, 0.3) is 0 Å². The van der Waals surface area contributed by atoms with Crippen molar-refractivity contribution in [1.29, 1.82) is 0 Å². The van der Waals surface area contributed by atoms with E-state index in [2.05, 4.69) is 0 Å². The van der Waals surface area contributed by atoms with Crippen LogP contribution >= 0.6 is 0 Å². The molecule has 1 aromatic carbocycles. The Bertz CT molecular complexity index is 336. The quantitative estimate of drug-likeness (QED) is 0.805. The van der Waals surface area contributed by atoms with Gasteiger partial charge in [0.1, 0.15) is 5.82 Å². The third-order valence-electron chi connectivity index (χ3n) is 1.68. The molecule has 0 radical (unpaired) electrons. The number of aromatic carboxylic acids is 1. The van der Waals surface area contributed by atoms with E-state index in [1.54, 1.807) is 0 Å². The average molecular weight is 198 g/mol. The SMILES string of the molecule is CCOCc1cc(F)cc(C(=O)O)c1. The van der Waals surface area contributed by atoms with Gasteiger partial charge < -0.3 is 9.84 Å². The summed E-state index contributed by atoms with van der Waals surface area (Å²) in [5.74, 6) is -1.69. The molecule has 0 aromatic heterocycles. The third kappa shape index (κ3) is 2.81. The highest BCUT2D eigenvalue weighted by atomic mass is 19.1. The minimum absolute atomic E-state index is 0.0558. The van der Waals surface area contributed by atoms with E-state index in [1.165, 1.54) is 12.1 Å². The van der Waals surface area contributed by atoms with Crippen LogP contribution in [0, 0.1) is 5.82 Å². The fourth-order valence-corrected chi connectivity index (χ4v) is 1.08. The first-order chi connectivity index (χ1) is 6.63. The van der Waals surface area contributed by atoms with Crippen LogP contribution < -0.4 is 0 Å². The average Bonchev–Trinajstić information content (AvgIpc) is 2.14. The van der Waals surface area contributed by atoms with Crippen LogP contribution in [-0.4, -0.2) is 17.7 Å². The van der Waals surface area contributed by atoms with Gasteiger partial charge in [-0.3, -0.25) is 0 Å². The molecule has 0 aliphatic heterocycles. The maximum absolute atomic E-state index is 12.9. The van der Waals surface area contributed by atoms with Gasteiger partial charge in [-0.15, -0.1) is 0 Å². The molecule has 4 heteroatoms. The molecule has 0 saturated carbocycles. The lowest BCUT2D eigenvalue weighted by Gasteiger charge is -2.03. The molecule has 0 heterocycles. The number of ether oxygens (including phenoxy) is 1. The first kappa shape index (κ1) is 10.7. The number of benzene rings is 1. The van der Waals surface area contributed by atoms with E-state index < -0.39 is 11.8 Å². The summed E-state index contributed by atoms with van der Waals surface area (Å²) in [5, 5.41) is 8.65. The van der Waals surface area contributed by atoms with E-state index in [0.717, 1.165) is 6.07 Å². The minimum Gasteiger partial charge on any atom is -0.478 e. The Balaban J connectivity index is 2.89. The number of carboxylic acids is 1. The first-order valence-corrected chi connectivity index (χ1v) is 4.24. The summed E-state index contributed by atoms with van der Waals surface area (Å²) in [6, 6.07) is 3.65. The summed E-state index contributed by atoms with van der Waals surface area (Å²) < 4.78 is 17.9. The zero-order valence-electron chi connectivity index (χ0n) is 7.79. The largest absolute Gasteiger partial charge is 0.478 e. The van der Waals surface area contributed by atoms with E-state index in [-0.39, 0.29) is 12.2 Å². The second-order valence-electron chi connectivity index (χ2n) is 2.79. The number of halogens is 1. The number of carbonyl (C=O) groups is 1. The van der Waals surface area contributed by atoms with Crippen molar-refractivity contribution in [3.63, 3.8) is 0 Å². The van der Waals surface area contributed by atoms with E-state index in [4.69, 9.17) is 9.84 Å². The molecule has 14 heavy (non-hydrogen) atoms. The van der Waals surface area contributed by atoms with Crippen molar-refractivity contribution in [3.05, 3.63) is 35.1 Å². The number of hydrogen-bond acceptors (Lipinski definition) is 2. The van der Waals surface area contributed by atoms with Crippen LogP contribution in [0.3, 0.4) is 0 Å². The van der Waals surface area contributed by atoms with Gasteiger partial charge in [0.15, 0.2) is 0 Å². The molecule has 0 unspecified atom stereocenters. The van der Waals surface area contributed by atoms with Crippen molar-refractivity contribution >= 4 is 5.97 Å². The summed E-state index contributed by atoms with van der Waals surface area (Å²) >= 11 is 0. The van der Waals surface area contributed by atoms with Gasteiger partial charge in [0.2, 0.25) is 0 Å². The third-order valence-corrected chi connectivity index (χ3v) is 1.68. The smallest absolute Gasteiger partial charge is 0.335 e. The van der Waals surface area contributed by atoms with Crippen LogP contribution in [0.1, 0.15) is 22.8 Å². The van der Waals surface area contributed by atoms with Crippen molar-refractivity contribution in [3.8, 4) is 0 Å². The summed E-state index contributed by atoms with van der Waals surface area (Å²) in [5.41, 5.74) is 0.476. The van der Waals surface area contributed by atoms with Gasteiger partial charge >= 0.3 is 5.97 Å². The molecule has 76 valence electrons. The van der Waals surface area contributed by atoms with Gasteiger partial charge in [-0.1, -0.05) is 0 Å². The molecule has 1 rings (SSSR count). The Hall–Kier alpha value is -1.42. The predicted molar refractivity (Wildman–Crippen MR) is 48.7 cm³/mol. The molecule has 0 aliphatic carbocycles. The molecular formula is C10H11FO3. The molecule has 3 nitrogen and oxygen atoms in total. The monoisotopic (exact) mass is 198 g/mol. The highest BCUT2D eigenvalue weighted by molar-refractivity contribution is 5.87. The molecule has 0 spiro atoms. The minimum atomic E-state index is -1.14. The van der Waals surface area contributed by atoms with Gasteiger partial charge in [-0.05, 0) is 30.7 Å². The fourth-order valence-electron chi connectivity index (χ4n) is 1.08. The maximum Gasteiger partial charge on any atom is 0.335 e. The van der Waals surface area contributed by atoms with Crippen molar-refractivity contribution in [2.45, 2.75) is 13.5 Å². The summed E-state index contributed by atoms with van der Waals surface area (Å²) in [4.78, 5) is 10.6. The predicted octanol–water partition coefficient (Wildman–Crippen LogP) is 2.06. The molecule has 0 aliphatic rings. The molecular weight excluding hydrogens is 187 g/mol. The molecule has 0 amide bonds. The molecule has 0 atom stereocenters. The highest BCUT2D eigenvalue weighted by Crippen LogP contribution is 2.10. The van der Waals surface area contributed by atoms with Crippen LogP contribution in [0.15, 0.2) is 18.2 Å². The lowest BCUT2D eigenvalue weighted by Crippen LogP contribution is -2.00. The topological polar surface area (TPSA) is 46.5 Å². The van der Waals surface area contributed by atoms with Gasteiger partial charge in [0, 0.05) is 6.61 Å². The number of rotatable bonds is 4. The van der Waals surface area contributed by atoms with E-state index in [9.17, 15) is 9.18 Å². The fraction of sp³-hybridized carbons (Fsp3) is 0.300. The van der Waals surface area contributed by atoms with E-state index >= 15 is 0 Å². The highest BCUT2D eigenvalue weighted by Gasteiger charge is 2.06. The maximum atomic E-state index is 12.9. The molecule has 1 N–H and O–H groups in total. The standard InChI is InChI=1S/C10H11FO3/c1-2-14-6-7-3-8(10(12)13)5-9(11)4-7/h3-5H,2,6H2,1H3,(H,12,13). The Labute approximate surface area is 81.1 Å². The number of carboxylic acid groups (broad SMARTS) is 1. The Morgan fingerprint density at radius 2 is 2.21 bits per heavy atom. The van der Waals surface area contributed by atoms with Crippen LogP contribution in [0.5, 0.6) is 0 Å². The second-order valence-corrected chi connectivity index (χ2v) is 2.79. The first-order valence-electron chi connectivity index (χ1n) is 4.24. The zero-order chi connectivity index (χ0) is 10.6. The lowest BCUT2D eigenvalue weighted by molar-refractivity contribution is 0.0696. The van der Waals surface area contributed by atoms with Gasteiger partial charge in [-0.2, -0.15) is 0 Å². The molecule has 0 bridgehead atoms. The Morgan fingerprint density at radius 1 is 1.50 bits per heavy atom. The Morgan fingerprint density at radius 3 is 2.79 bits per heavy atom. The van der Waals surface area contributed by atoms with Crippen molar-refractivity contribution in [1.82, 2.24) is 0 Å². The van der Waals surface area contributed by atoms with Gasteiger partial charge in [0.05, 0.1) is 12.2 Å². The molecule has 0 fully saturated rings. The second kappa shape index (κ2) is 4.72. The van der Waals surface area contributed by atoms with Crippen molar-refractivity contribution in [2.24, 2.45) is 0 Å². The van der Waals surface area contributed by atoms with Crippen LogP contribution in [0.4, 0.5) is 4.39 Å².